The molecule has 0 aliphatic rings. The van der Waals surface area contributed by atoms with Gasteiger partial charge in [-0.1, -0.05) is 376 Å². The lowest BCUT2D eigenvalue weighted by Gasteiger charge is -2.21. The minimum absolute atomic E-state index is 0.106. The summed E-state index contributed by atoms with van der Waals surface area (Å²) in [6, 6.07) is 0. The summed E-state index contributed by atoms with van der Waals surface area (Å²) in [5.74, 6) is 1.01. The van der Waals surface area contributed by atoms with E-state index in [4.69, 9.17) is 37.0 Å². The summed E-state index contributed by atoms with van der Waals surface area (Å²) in [5.41, 5.74) is 0. The molecular weight excluding hydrogens is 1330 g/mol. The quantitative estimate of drug-likeness (QED) is 0.0222. The van der Waals surface area contributed by atoms with Crippen LogP contribution in [0.5, 0.6) is 0 Å². The summed E-state index contributed by atoms with van der Waals surface area (Å²) < 4.78 is 68.8. The van der Waals surface area contributed by atoms with Crippen molar-refractivity contribution in [3.05, 3.63) is 0 Å². The van der Waals surface area contributed by atoms with Crippen molar-refractivity contribution in [1.29, 1.82) is 0 Å². The van der Waals surface area contributed by atoms with E-state index in [2.05, 4.69) is 55.4 Å². The molecular formula is C83H162O17P2. The monoisotopic (exact) mass is 1490 g/mol. The van der Waals surface area contributed by atoms with Crippen LogP contribution >= 0.6 is 15.6 Å². The van der Waals surface area contributed by atoms with E-state index in [1.165, 1.54) is 231 Å². The maximum Gasteiger partial charge on any atom is 0.472 e. The first-order chi connectivity index (χ1) is 49.1. The van der Waals surface area contributed by atoms with Crippen LogP contribution in [0.1, 0.15) is 428 Å². The molecule has 17 nitrogen and oxygen atoms in total. The van der Waals surface area contributed by atoms with Crippen molar-refractivity contribution >= 4 is 39.5 Å². The zero-order chi connectivity index (χ0) is 75.3. The van der Waals surface area contributed by atoms with Crippen LogP contribution in [0, 0.1) is 23.7 Å². The van der Waals surface area contributed by atoms with Crippen molar-refractivity contribution in [2.75, 3.05) is 39.6 Å². The highest BCUT2D eigenvalue weighted by Crippen LogP contribution is 2.45. The third kappa shape index (κ3) is 76.3. The molecule has 0 amide bonds. The Morgan fingerprint density at radius 2 is 0.412 bits per heavy atom. The van der Waals surface area contributed by atoms with Crippen LogP contribution < -0.4 is 0 Å². The lowest BCUT2D eigenvalue weighted by atomic mass is 10.0. The summed E-state index contributed by atoms with van der Waals surface area (Å²) in [6.45, 7) is 14.3. The van der Waals surface area contributed by atoms with Crippen molar-refractivity contribution in [2.24, 2.45) is 23.7 Å². The molecule has 606 valence electrons. The lowest BCUT2D eigenvalue weighted by Crippen LogP contribution is -2.30. The van der Waals surface area contributed by atoms with Crippen molar-refractivity contribution < 1.29 is 80.2 Å². The normalized spacial score (nSPS) is 14.0. The number of hydrogen-bond acceptors (Lipinski definition) is 15. The number of ether oxygens (including phenoxy) is 4. The average Bonchev–Trinajstić information content (AvgIpc) is 0.907. The van der Waals surface area contributed by atoms with Crippen LogP contribution in [0.4, 0.5) is 0 Å². The zero-order valence-electron chi connectivity index (χ0n) is 67.2. The van der Waals surface area contributed by atoms with Crippen molar-refractivity contribution in [3.8, 4) is 0 Å². The fourth-order valence-corrected chi connectivity index (χ4v) is 14.4. The lowest BCUT2D eigenvalue weighted by molar-refractivity contribution is -0.161. The number of aliphatic hydroxyl groups excluding tert-OH is 1. The van der Waals surface area contributed by atoms with Gasteiger partial charge in [-0.15, -0.1) is 0 Å². The highest BCUT2D eigenvalue weighted by Gasteiger charge is 2.30. The Morgan fingerprint density at radius 1 is 0.245 bits per heavy atom. The van der Waals surface area contributed by atoms with Gasteiger partial charge in [0.2, 0.25) is 0 Å². The smallest absolute Gasteiger partial charge is 0.462 e. The van der Waals surface area contributed by atoms with Gasteiger partial charge >= 0.3 is 39.5 Å². The van der Waals surface area contributed by atoms with E-state index in [1.807, 2.05) is 0 Å². The van der Waals surface area contributed by atoms with Crippen LogP contribution in [-0.4, -0.2) is 96.7 Å². The third-order valence-corrected chi connectivity index (χ3v) is 21.2. The van der Waals surface area contributed by atoms with E-state index in [0.717, 1.165) is 114 Å². The number of esters is 4. The fourth-order valence-electron chi connectivity index (χ4n) is 12.8. The van der Waals surface area contributed by atoms with E-state index < -0.39 is 97.5 Å². The van der Waals surface area contributed by atoms with Crippen molar-refractivity contribution in [3.63, 3.8) is 0 Å². The Balaban J connectivity index is 5.27. The van der Waals surface area contributed by atoms with Gasteiger partial charge in [0.25, 0.3) is 0 Å². The molecule has 5 atom stereocenters. The number of rotatable bonds is 80. The molecule has 19 heteroatoms. The Kier molecular flexibility index (Phi) is 70.6. The van der Waals surface area contributed by atoms with E-state index in [0.29, 0.717) is 25.7 Å². The molecule has 2 unspecified atom stereocenters. The maximum absolute atomic E-state index is 13.1. The standard InChI is InChI=1S/C83H162O17P2/c1-73(2)59-51-43-35-27-20-14-10-9-11-17-24-32-41-49-57-65-82(87)99-78(69-93-80(85)63-55-47-39-31-23-16-13-12-15-21-28-36-44-52-60-74(3)4)71-97-101(89,90)95-67-77(84)68-96-102(91,92)98-72-79(70-94-81(86)64-56-48-40-34-26-30-38-46-54-62-76(7)8)100-83(88)66-58-50-42-33-25-19-18-22-29-37-45-53-61-75(5)6/h73-79,84H,9-72H2,1-8H3,(H,89,90)(H,91,92)/t77-,78-,79-/m1/s1. The molecule has 0 saturated carbocycles. The predicted octanol–water partition coefficient (Wildman–Crippen LogP) is 24.8. The second kappa shape index (κ2) is 72.0. The molecule has 0 aliphatic carbocycles. The number of hydrogen-bond donors (Lipinski definition) is 3. The number of phosphoric acid groups is 2. The number of carbonyl (C=O) groups is 4. The number of unbranched alkanes of at least 4 members (excludes halogenated alkanes) is 46. The topological polar surface area (TPSA) is 237 Å². The van der Waals surface area contributed by atoms with Gasteiger partial charge in [0.1, 0.15) is 19.3 Å². The van der Waals surface area contributed by atoms with E-state index >= 15 is 0 Å². The first-order valence-corrected chi connectivity index (χ1v) is 45.7. The van der Waals surface area contributed by atoms with Gasteiger partial charge in [-0.05, 0) is 49.4 Å². The summed E-state index contributed by atoms with van der Waals surface area (Å²) in [5, 5.41) is 10.7. The highest BCUT2D eigenvalue weighted by atomic mass is 31.2. The Bertz CT molecular complexity index is 1990. The average molecular weight is 1490 g/mol. The molecule has 0 fully saturated rings. The molecule has 102 heavy (non-hydrogen) atoms. The van der Waals surface area contributed by atoms with Crippen molar-refractivity contribution in [2.45, 2.75) is 446 Å². The fraction of sp³-hybridized carbons (Fsp3) is 0.952. The number of phosphoric ester groups is 2. The van der Waals surface area contributed by atoms with Crippen molar-refractivity contribution in [1.82, 2.24) is 0 Å². The minimum Gasteiger partial charge on any atom is -0.462 e. The number of aliphatic hydroxyl groups is 1. The van der Waals surface area contributed by atoms with Gasteiger partial charge in [0.05, 0.1) is 26.4 Å². The van der Waals surface area contributed by atoms with Gasteiger partial charge in [-0.3, -0.25) is 37.3 Å². The molecule has 0 bridgehead atoms. The van der Waals surface area contributed by atoms with Gasteiger partial charge in [0.15, 0.2) is 12.2 Å². The zero-order valence-corrected chi connectivity index (χ0v) is 69.0. The molecule has 0 aliphatic heterocycles. The number of carbonyl (C=O) groups excluding carboxylic acids is 4. The first kappa shape index (κ1) is 100. The predicted molar refractivity (Wildman–Crippen MR) is 418 cm³/mol. The van der Waals surface area contributed by atoms with E-state index in [-0.39, 0.29) is 25.7 Å². The van der Waals surface area contributed by atoms with Crippen LogP contribution in [0.3, 0.4) is 0 Å². The Hall–Kier alpha value is -1.94. The summed E-state index contributed by atoms with van der Waals surface area (Å²) in [6.07, 6.45) is 59.6. The Morgan fingerprint density at radius 3 is 0.608 bits per heavy atom. The van der Waals surface area contributed by atoms with Gasteiger partial charge in [0, 0.05) is 25.7 Å². The molecule has 0 aromatic carbocycles. The second-order valence-corrected chi connectivity index (χ2v) is 34.7. The summed E-state index contributed by atoms with van der Waals surface area (Å²) >= 11 is 0. The first-order valence-electron chi connectivity index (χ1n) is 42.7. The molecule has 0 spiro atoms. The summed E-state index contributed by atoms with van der Waals surface area (Å²) in [4.78, 5) is 73.1. The summed E-state index contributed by atoms with van der Waals surface area (Å²) in [7, 11) is -9.93. The molecule has 0 radical (unpaired) electrons. The van der Waals surface area contributed by atoms with Crippen LogP contribution in [0.25, 0.3) is 0 Å². The third-order valence-electron chi connectivity index (χ3n) is 19.3. The van der Waals surface area contributed by atoms with E-state index in [1.54, 1.807) is 0 Å². The minimum atomic E-state index is -4.96. The SMILES string of the molecule is CC(C)CCCCCCCCCCCCCCCCCC(=O)O[C@H](COC(=O)CCCCCCCCCCCCCCCCC(C)C)COP(=O)(O)OC[C@@H](O)COP(=O)(O)OC[C@@H](COC(=O)CCCCCCCCCCCC(C)C)OC(=O)CCCCCCCCCCCCCCC(C)C. The molecule has 0 saturated heterocycles. The molecule has 0 aromatic heterocycles. The molecule has 0 heterocycles. The Labute approximate surface area is 626 Å². The van der Waals surface area contributed by atoms with E-state index in [9.17, 15) is 43.2 Å². The molecule has 0 aromatic rings. The maximum atomic E-state index is 13.1. The van der Waals surface area contributed by atoms with Gasteiger partial charge < -0.3 is 33.8 Å². The molecule has 3 N–H and O–H groups in total. The molecule has 0 rings (SSSR count). The highest BCUT2D eigenvalue weighted by molar-refractivity contribution is 7.47. The van der Waals surface area contributed by atoms with Crippen LogP contribution in [0.2, 0.25) is 0 Å². The largest absolute Gasteiger partial charge is 0.472 e. The van der Waals surface area contributed by atoms with Gasteiger partial charge in [-0.2, -0.15) is 0 Å². The second-order valence-electron chi connectivity index (χ2n) is 31.8. The van der Waals surface area contributed by atoms with Gasteiger partial charge in [-0.25, -0.2) is 9.13 Å². The van der Waals surface area contributed by atoms with Crippen LogP contribution in [-0.2, 0) is 65.4 Å². The van der Waals surface area contributed by atoms with Crippen LogP contribution in [0.15, 0.2) is 0 Å².